The van der Waals surface area contributed by atoms with Gasteiger partial charge in [0.1, 0.15) is 0 Å². The van der Waals surface area contributed by atoms with E-state index in [0.29, 0.717) is 25.7 Å². The quantitative estimate of drug-likeness (QED) is 0.576. The SMILES string of the molecule is O=S(=O)(c1ccc(S(=O)(=O)C2CCCCC2)[n+]([O-])n1)C1CCCCC1. The van der Waals surface area contributed by atoms with Crippen molar-refractivity contribution in [2.24, 2.45) is 0 Å². The third-order valence-electron chi connectivity index (χ3n) is 5.31. The van der Waals surface area contributed by atoms with Gasteiger partial charge in [0.15, 0.2) is 0 Å². The molecule has 140 valence electrons. The Morgan fingerprint density at radius 3 is 1.76 bits per heavy atom. The van der Waals surface area contributed by atoms with Crippen LogP contribution in [0.15, 0.2) is 22.2 Å². The van der Waals surface area contributed by atoms with E-state index < -0.39 is 35.2 Å². The van der Waals surface area contributed by atoms with E-state index in [1.807, 2.05) is 0 Å². The van der Waals surface area contributed by atoms with Crippen LogP contribution in [-0.4, -0.2) is 32.4 Å². The van der Waals surface area contributed by atoms with Crippen molar-refractivity contribution in [1.29, 1.82) is 0 Å². The van der Waals surface area contributed by atoms with Crippen LogP contribution in [-0.2, 0) is 19.7 Å². The van der Waals surface area contributed by atoms with E-state index in [2.05, 4.69) is 5.10 Å². The molecule has 2 aliphatic rings. The lowest BCUT2D eigenvalue weighted by atomic mass is 10.0. The van der Waals surface area contributed by atoms with Crippen molar-refractivity contribution in [2.45, 2.75) is 84.8 Å². The van der Waals surface area contributed by atoms with Crippen molar-refractivity contribution >= 4 is 19.7 Å². The smallest absolute Gasteiger partial charge is 0.335 e. The summed E-state index contributed by atoms with van der Waals surface area (Å²) >= 11 is 0. The topological polar surface area (TPSA) is 108 Å². The molecule has 0 unspecified atom stereocenters. The predicted molar refractivity (Wildman–Crippen MR) is 91.3 cm³/mol. The summed E-state index contributed by atoms with van der Waals surface area (Å²) in [5.74, 6) is 0. The monoisotopic (exact) mass is 388 g/mol. The second kappa shape index (κ2) is 7.19. The maximum Gasteiger partial charge on any atom is 0.335 e. The molecule has 0 N–H and O–H groups in total. The summed E-state index contributed by atoms with van der Waals surface area (Å²) in [7, 11) is -7.49. The van der Waals surface area contributed by atoms with Gasteiger partial charge in [-0.2, -0.15) is 0 Å². The zero-order valence-electron chi connectivity index (χ0n) is 14.1. The summed E-state index contributed by atoms with van der Waals surface area (Å²) < 4.78 is 50.6. The Bertz CT molecular complexity index is 824. The molecule has 0 amide bonds. The molecule has 2 saturated carbocycles. The van der Waals surface area contributed by atoms with Gasteiger partial charge in [-0.3, -0.25) is 0 Å². The number of hydrogen-bond donors (Lipinski definition) is 0. The molecule has 0 bridgehead atoms. The Balaban J connectivity index is 1.90. The zero-order valence-corrected chi connectivity index (χ0v) is 15.8. The first-order chi connectivity index (χ1) is 11.8. The third-order valence-corrected chi connectivity index (χ3v) is 9.69. The Morgan fingerprint density at radius 2 is 1.28 bits per heavy atom. The average Bonchev–Trinajstić information content (AvgIpc) is 2.63. The number of rotatable bonds is 4. The van der Waals surface area contributed by atoms with Gasteiger partial charge in [-0.15, -0.1) is 0 Å². The second-order valence-electron chi connectivity index (χ2n) is 6.99. The summed E-state index contributed by atoms with van der Waals surface area (Å²) in [5.41, 5.74) is 0. The molecule has 0 aromatic carbocycles. The number of nitrogens with zero attached hydrogens (tertiary/aromatic N) is 2. The molecule has 25 heavy (non-hydrogen) atoms. The van der Waals surface area contributed by atoms with Crippen molar-refractivity contribution in [2.75, 3.05) is 0 Å². The second-order valence-corrected chi connectivity index (χ2v) is 11.3. The molecule has 2 aliphatic carbocycles. The molecule has 0 saturated heterocycles. The lowest BCUT2D eigenvalue weighted by Crippen LogP contribution is -2.42. The van der Waals surface area contributed by atoms with Gasteiger partial charge >= 0.3 is 5.03 Å². The largest absolute Gasteiger partial charge is 0.593 e. The molecule has 0 spiro atoms. The van der Waals surface area contributed by atoms with Gasteiger partial charge < -0.3 is 5.21 Å². The molecule has 0 atom stereocenters. The average molecular weight is 389 g/mol. The summed E-state index contributed by atoms with van der Waals surface area (Å²) in [6.45, 7) is 0. The molecule has 7 nitrogen and oxygen atoms in total. The standard InChI is InChI=1S/C16H24N2O5S2/c19-18-16(25(22,23)14-9-5-2-6-10-14)12-11-15(17-18)24(20,21)13-7-3-1-4-8-13/h11-14H,1-10H2. The van der Waals surface area contributed by atoms with E-state index in [0.717, 1.165) is 44.6 Å². The Hall–Kier alpha value is -1.22. The van der Waals surface area contributed by atoms with Gasteiger partial charge in [-0.1, -0.05) is 38.5 Å². The lowest BCUT2D eigenvalue weighted by molar-refractivity contribution is -0.711. The molecular weight excluding hydrogens is 364 g/mol. The highest BCUT2D eigenvalue weighted by Crippen LogP contribution is 2.29. The molecule has 9 heteroatoms. The number of hydrogen-bond acceptors (Lipinski definition) is 6. The highest BCUT2D eigenvalue weighted by molar-refractivity contribution is 7.92. The Morgan fingerprint density at radius 1 is 0.800 bits per heavy atom. The van der Waals surface area contributed by atoms with Gasteiger partial charge in [0.2, 0.25) is 24.7 Å². The first-order valence-corrected chi connectivity index (χ1v) is 12.0. The predicted octanol–water partition coefficient (Wildman–Crippen LogP) is 1.93. The van der Waals surface area contributed by atoms with Crippen molar-refractivity contribution in [3.8, 4) is 0 Å². The van der Waals surface area contributed by atoms with Gasteiger partial charge in [-0.05, 0) is 36.6 Å². The maximum atomic E-state index is 12.7. The van der Waals surface area contributed by atoms with Crippen molar-refractivity contribution in [3.05, 3.63) is 17.3 Å². The fraction of sp³-hybridized carbons (Fsp3) is 0.750. The van der Waals surface area contributed by atoms with E-state index in [1.165, 1.54) is 6.07 Å². The van der Waals surface area contributed by atoms with E-state index in [1.54, 1.807) is 0 Å². The number of sulfone groups is 2. The molecular formula is C16H24N2O5S2. The minimum atomic E-state index is -3.79. The highest BCUT2D eigenvalue weighted by atomic mass is 32.2. The summed E-state index contributed by atoms with van der Waals surface area (Å²) in [4.78, 5) is -0.0142. The molecule has 1 aromatic heterocycles. The van der Waals surface area contributed by atoms with E-state index in [4.69, 9.17) is 0 Å². The highest BCUT2D eigenvalue weighted by Gasteiger charge is 2.37. The third kappa shape index (κ3) is 3.67. The minimum Gasteiger partial charge on any atom is -0.593 e. The van der Waals surface area contributed by atoms with Crippen LogP contribution in [0.1, 0.15) is 64.2 Å². The zero-order chi connectivity index (χ0) is 18.1. The Labute approximate surface area is 148 Å². The fourth-order valence-corrected chi connectivity index (χ4v) is 7.38. The van der Waals surface area contributed by atoms with Crippen LogP contribution < -0.4 is 4.85 Å². The summed E-state index contributed by atoms with van der Waals surface area (Å²) in [6, 6.07) is 2.29. The molecule has 1 aromatic rings. The van der Waals surface area contributed by atoms with E-state index in [-0.39, 0.29) is 9.87 Å². The lowest BCUT2D eigenvalue weighted by Gasteiger charge is -2.21. The first-order valence-electron chi connectivity index (χ1n) is 8.92. The minimum absolute atomic E-state index is 0.0142. The molecule has 0 radical (unpaired) electrons. The first kappa shape index (κ1) is 18.6. The molecule has 1 heterocycles. The van der Waals surface area contributed by atoms with Gasteiger partial charge in [-0.25, -0.2) is 16.8 Å². The van der Waals surface area contributed by atoms with Crippen LogP contribution in [0, 0.1) is 5.21 Å². The number of aromatic nitrogens is 2. The summed E-state index contributed by atoms with van der Waals surface area (Å²) in [6.07, 6.45) is 7.53. The van der Waals surface area contributed by atoms with Crippen molar-refractivity contribution in [3.63, 3.8) is 0 Å². The van der Waals surface area contributed by atoms with Crippen LogP contribution in [0.5, 0.6) is 0 Å². The Kier molecular flexibility index (Phi) is 5.34. The van der Waals surface area contributed by atoms with E-state index >= 15 is 0 Å². The van der Waals surface area contributed by atoms with Gasteiger partial charge in [0.05, 0.1) is 10.5 Å². The van der Waals surface area contributed by atoms with Crippen LogP contribution in [0.25, 0.3) is 0 Å². The van der Waals surface area contributed by atoms with Crippen molar-refractivity contribution < 1.29 is 21.7 Å². The van der Waals surface area contributed by atoms with Crippen LogP contribution >= 0.6 is 0 Å². The van der Waals surface area contributed by atoms with Gasteiger partial charge in [0, 0.05) is 11.2 Å². The molecule has 2 fully saturated rings. The molecule has 3 rings (SSSR count). The maximum absolute atomic E-state index is 12.7. The van der Waals surface area contributed by atoms with Gasteiger partial charge in [0.25, 0.3) is 0 Å². The molecule has 0 aliphatic heterocycles. The van der Waals surface area contributed by atoms with Crippen LogP contribution in [0.4, 0.5) is 0 Å². The summed E-state index contributed by atoms with van der Waals surface area (Å²) in [5, 5.41) is 13.9. The normalized spacial score (nSPS) is 21.3. The van der Waals surface area contributed by atoms with E-state index in [9.17, 15) is 22.0 Å². The fourth-order valence-electron chi connectivity index (χ4n) is 3.83. The van der Waals surface area contributed by atoms with Crippen LogP contribution in [0.3, 0.4) is 0 Å². The van der Waals surface area contributed by atoms with Crippen molar-refractivity contribution in [1.82, 2.24) is 5.10 Å². The van der Waals surface area contributed by atoms with Crippen LogP contribution in [0.2, 0.25) is 0 Å².